The minimum Gasteiger partial charge on any atom is -0.356 e. The third-order valence-corrected chi connectivity index (χ3v) is 6.79. The molecule has 6 nitrogen and oxygen atoms in total. The second-order valence-electron chi connectivity index (χ2n) is 10.7. The Bertz CT molecular complexity index is 1180. The van der Waals surface area contributed by atoms with Crippen LogP contribution in [-0.2, 0) is 22.4 Å². The van der Waals surface area contributed by atoms with Crippen LogP contribution >= 0.6 is 0 Å². The summed E-state index contributed by atoms with van der Waals surface area (Å²) >= 11 is 0. The van der Waals surface area contributed by atoms with E-state index in [4.69, 9.17) is 5.73 Å². The number of aryl methyl sites for hydroxylation is 1. The minimum atomic E-state index is -0.364. The molecule has 0 saturated carbocycles. The number of benzene rings is 2. The molecule has 3 aromatic rings. The molecule has 7 heteroatoms. The lowest BCUT2D eigenvalue weighted by atomic mass is 9.91. The lowest BCUT2D eigenvalue weighted by Gasteiger charge is -2.27. The Morgan fingerprint density at radius 2 is 1.68 bits per heavy atom. The highest BCUT2D eigenvalue weighted by molar-refractivity contribution is 5.79. The van der Waals surface area contributed by atoms with E-state index in [0.717, 1.165) is 16.7 Å². The van der Waals surface area contributed by atoms with E-state index in [1.165, 1.54) is 6.07 Å². The highest BCUT2D eigenvalue weighted by Gasteiger charge is 2.25. The van der Waals surface area contributed by atoms with Crippen molar-refractivity contribution in [3.8, 4) is 11.1 Å². The molecule has 0 saturated heterocycles. The molecule has 2 aromatic carbocycles. The number of amides is 2. The summed E-state index contributed by atoms with van der Waals surface area (Å²) in [5.41, 5.74) is 9.88. The van der Waals surface area contributed by atoms with E-state index in [1.54, 1.807) is 24.4 Å². The molecular formula is C31H39FN4O2. The summed E-state index contributed by atoms with van der Waals surface area (Å²) in [7, 11) is 0. The van der Waals surface area contributed by atoms with E-state index in [2.05, 4.69) is 15.6 Å². The first-order valence-electron chi connectivity index (χ1n) is 13.2. The number of rotatable bonds is 13. The zero-order chi connectivity index (χ0) is 27.5. The molecule has 4 N–H and O–H groups in total. The summed E-state index contributed by atoms with van der Waals surface area (Å²) in [4.78, 5) is 29.2. The predicted octanol–water partition coefficient (Wildman–Crippen LogP) is 4.68. The Morgan fingerprint density at radius 1 is 0.974 bits per heavy atom. The van der Waals surface area contributed by atoms with E-state index < -0.39 is 0 Å². The number of pyridine rings is 1. The van der Waals surface area contributed by atoms with Crippen molar-refractivity contribution in [2.24, 2.45) is 17.1 Å². The normalized spacial score (nSPS) is 13.0. The van der Waals surface area contributed by atoms with E-state index in [1.807, 2.05) is 63.4 Å². The maximum Gasteiger partial charge on any atom is 0.224 e. The first-order chi connectivity index (χ1) is 18.1. The van der Waals surface area contributed by atoms with Gasteiger partial charge in [-0.15, -0.1) is 0 Å². The number of nitrogens with two attached hydrogens (primary N) is 1. The molecule has 0 fully saturated rings. The van der Waals surface area contributed by atoms with E-state index >= 15 is 0 Å². The second-order valence-corrected chi connectivity index (χ2v) is 10.7. The third-order valence-electron chi connectivity index (χ3n) is 6.79. The number of nitrogens with zero attached hydrogens (tertiary/aromatic N) is 1. The average molecular weight is 519 g/mol. The average Bonchev–Trinajstić information content (AvgIpc) is 2.92. The molecule has 0 radical (unpaired) electrons. The molecule has 0 bridgehead atoms. The Balaban J connectivity index is 1.38. The molecular weight excluding hydrogens is 479 g/mol. The smallest absolute Gasteiger partial charge is 0.224 e. The Kier molecular flexibility index (Phi) is 10.5. The summed E-state index contributed by atoms with van der Waals surface area (Å²) in [6.07, 6.45) is 5.59. The van der Waals surface area contributed by atoms with Crippen LogP contribution in [0.15, 0.2) is 73.1 Å². The largest absolute Gasteiger partial charge is 0.356 e. The summed E-state index contributed by atoms with van der Waals surface area (Å²) in [5.74, 6) is -0.784. The monoisotopic (exact) mass is 518 g/mol. The minimum absolute atomic E-state index is 0.0781. The summed E-state index contributed by atoms with van der Waals surface area (Å²) in [6, 6.07) is 18.4. The number of halogens is 1. The van der Waals surface area contributed by atoms with Crippen LogP contribution in [0.5, 0.6) is 0 Å². The molecule has 2 unspecified atom stereocenters. The van der Waals surface area contributed by atoms with Gasteiger partial charge in [0.15, 0.2) is 0 Å². The summed E-state index contributed by atoms with van der Waals surface area (Å²) in [6.45, 7) is 6.66. The number of nitrogens with one attached hydrogen (secondary N) is 2. The number of carbonyl (C=O) groups is 2. The number of aromatic nitrogens is 1. The molecule has 202 valence electrons. The molecule has 38 heavy (non-hydrogen) atoms. The van der Waals surface area contributed by atoms with Gasteiger partial charge >= 0.3 is 0 Å². The van der Waals surface area contributed by atoms with Gasteiger partial charge in [-0.1, -0.05) is 69.3 Å². The van der Waals surface area contributed by atoms with Crippen LogP contribution in [-0.4, -0.2) is 35.9 Å². The van der Waals surface area contributed by atoms with Gasteiger partial charge in [-0.25, -0.2) is 4.39 Å². The Hall–Kier alpha value is -3.58. The van der Waals surface area contributed by atoms with Gasteiger partial charge in [0.05, 0.1) is 5.92 Å². The van der Waals surface area contributed by atoms with Gasteiger partial charge < -0.3 is 16.4 Å². The van der Waals surface area contributed by atoms with Gasteiger partial charge in [0.1, 0.15) is 5.82 Å². The van der Waals surface area contributed by atoms with Crippen LogP contribution in [0.4, 0.5) is 4.39 Å². The standard InChI is InChI=1S/C31H39FN4O2/c1-22(28(33)18-23-13-15-24(16-14-23)26-10-7-17-34-19-26)30(38)36-21-31(2,3)20-35-29(37)12-6-9-25-8-4-5-11-27(25)32/h4-5,7-8,10-11,13-17,19,22,28H,6,9,12,18,20-21,33H2,1-3H3,(H,35,37)(H,36,38). The fourth-order valence-corrected chi connectivity index (χ4v) is 4.13. The highest BCUT2D eigenvalue weighted by Crippen LogP contribution is 2.20. The van der Waals surface area contributed by atoms with Crippen LogP contribution in [0, 0.1) is 17.2 Å². The molecule has 0 aliphatic heterocycles. The van der Waals surface area contributed by atoms with Crippen molar-refractivity contribution >= 4 is 11.8 Å². The fraction of sp³-hybridized carbons (Fsp3) is 0.387. The van der Waals surface area contributed by atoms with Gasteiger partial charge in [-0.3, -0.25) is 14.6 Å². The highest BCUT2D eigenvalue weighted by atomic mass is 19.1. The molecule has 1 heterocycles. The van der Waals surface area contributed by atoms with Crippen molar-refractivity contribution in [1.29, 1.82) is 0 Å². The molecule has 3 rings (SSSR count). The van der Waals surface area contributed by atoms with Gasteiger partial charge in [0.2, 0.25) is 11.8 Å². The number of carbonyl (C=O) groups excluding carboxylic acids is 2. The Labute approximate surface area is 225 Å². The van der Waals surface area contributed by atoms with Crippen LogP contribution in [0.3, 0.4) is 0 Å². The molecule has 2 amide bonds. The zero-order valence-electron chi connectivity index (χ0n) is 22.5. The van der Waals surface area contributed by atoms with Crippen molar-refractivity contribution in [1.82, 2.24) is 15.6 Å². The molecule has 0 aliphatic carbocycles. The molecule has 0 aliphatic rings. The first-order valence-corrected chi connectivity index (χ1v) is 13.2. The second kappa shape index (κ2) is 13.8. The first kappa shape index (κ1) is 29.0. The van der Waals surface area contributed by atoms with Crippen LogP contribution < -0.4 is 16.4 Å². The topological polar surface area (TPSA) is 97.1 Å². The van der Waals surface area contributed by atoms with Crippen molar-refractivity contribution < 1.29 is 14.0 Å². The third kappa shape index (κ3) is 9.06. The van der Waals surface area contributed by atoms with Gasteiger partial charge in [-0.05, 0) is 59.1 Å². The molecule has 1 aromatic heterocycles. The van der Waals surface area contributed by atoms with E-state index in [-0.39, 0.29) is 35.0 Å². The van der Waals surface area contributed by atoms with Crippen LogP contribution in [0.1, 0.15) is 44.7 Å². The maximum absolute atomic E-state index is 13.7. The van der Waals surface area contributed by atoms with Gasteiger partial charge in [0.25, 0.3) is 0 Å². The lowest BCUT2D eigenvalue weighted by Crippen LogP contribution is -2.46. The maximum atomic E-state index is 13.7. The van der Waals surface area contributed by atoms with Crippen LogP contribution in [0.25, 0.3) is 11.1 Å². The lowest BCUT2D eigenvalue weighted by molar-refractivity contribution is -0.125. The van der Waals surface area contributed by atoms with Gasteiger partial charge in [-0.2, -0.15) is 0 Å². The number of hydrogen-bond donors (Lipinski definition) is 3. The van der Waals surface area contributed by atoms with E-state index in [9.17, 15) is 14.0 Å². The predicted molar refractivity (Wildman–Crippen MR) is 150 cm³/mol. The fourth-order valence-electron chi connectivity index (χ4n) is 4.13. The van der Waals surface area contributed by atoms with Crippen molar-refractivity contribution in [3.63, 3.8) is 0 Å². The summed E-state index contributed by atoms with van der Waals surface area (Å²) in [5, 5.41) is 5.93. The zero-order valence-corrected chi connectivity index (χ0v) is 22.5. The van der Waals surface area contributed by atoms with Gasteiger partial charge in [0, 0.05) is 37.9 Å². The quantitative estimate of drug-likeness (QED) is 0.306. The van der Waals surface area contributed by atoms with Crippen molar-refractivity contribution in [3.05, 3.63) is 90.0 Å². The van der Waals surface area contributed by atoms with Crippen molar-refractivity contribution in [2.75, 3.05) is 13.1 Å². The molecule has 2 atom stereocenters. The number of hydrogen-bond acceptors (Lipinski definition) is 4. The SMILES string of the molecule is CC(C(=O)NCC(C)(C)CNC(=O)CCCc1ccccc1F)C(N)Cc1ccc(-c2cccnc2)cc1. The van der Waals surface area contributed by atoms with E-state index in [0.29, 0.717) is 44.3 Å². The van der Waals surface area contributed by atoms with Crippen LogP contribution in [0.2, 0.25) is 0 Å². The van der Waals surface area contributed by atoms with Crippen molar-refractivity contribution in [2.45, 2.75) is 52.5 Å². The summed E-state index contributed by atoms with van der Waals surface area (Å²) < 4.78 is 13.7. The Morgan fingerprint density at radius 3 is 2.37 bits per heavy atom. The molecule has 0 spiro atoms.